The first kappa shape index (κ1) is 18.5. The molecule has 0 radical (unpaired) electrons. The van der Waals surface area contributed by atoms with Crippen molar-refractivity contribution < 1.29 is 23.8 Å². The highest BCUT2D eigenvalue weighted by Gasteiger charge is 2.20. The van der Waals surface area contributed by atoms with Gasteiger partial charge in [0.2, 0.25) is 0 Å². The van der Waals surface area contributed by atoms with Gasteiger partial charge in [0.05, 0.1) is 12.2 Å². The van der Waals surface area contributed by atoms with E-state index in [2.05, 4.69) is 0 Å². The van der Waals surface area contributed by atoms with E-state index >= 15 is 0 Å². The Morgan fingerprint density at radius 3 is 2.20 bits per heavy atom. The summed E-state index contributed by atoms with van der Waals surface area (Å²) in [7, 11) is 0. The number of carbonyl (C=O) groups excluding carboxylic acids is 2. The highest BCUT2D eigenvalue weighted by atomic mass is 16.7. The summed E-state index contributed by atoms with van der Waals surface area (Å²) in [4.78, 5) is 24.0. The molecular weight excluding hydrogens is 320 g/mol. The molecule has 0 aliphatic carbocycles. The van der Waals surface area contributed by atoms with Gasteiger partial charge in [-0.05, 0) is 42.2 Å². The molecule has 2 aromatic carbocycles. The lowest BCUT2D eigenvalue weighted by Crippen LogP contribution is -2.16. The van der Waals surface area contributed by atoms with Crippen LogP contribution in [0.15, 0.2) is 48.5 Å². The van der Waals surface area contributed by atoms with Gasteiger partial charge in [-0.2, -0.15) is 0 Å². The molecule has 5 nitrogen and oxygen atoms in total. The fourth-order valence-electron chi connectivity index (χ4n) is 2.11. The third-order valence-corrected chi connectivity index (χ3v) is 3.48. The third kappa shape index (κ3) is 5.08. The summed E-state index contributed by atoms with van der Waals surface area (Å²) in [5.74, 6) is -0.220. The molecule has 5 heteroatoms. The van der Waals surface area contributed by atoms with Gasteiger partial charge in [-0.3, -0.25) is 0 Å². The van der Waals surface area contributed by atoms with Gasteiger partial charge >= 0.3 is 12.1 Å². The summed E-state index contributed by atoms with van der Waals surface area (Å²) in [6, 6.07) is 13.7. The Kier molecular flexibility index (Phi) is 5.80. The SMILES string of the molecule is CCOC(=O)Oc1cc(C(C)(C)C)ccc1OC(=O)c1ccccc1. The minimum absolute atomic E-state index is 0.148. The maximum absolute atomic E-state index is 12.3. The van der Waals surface area contributed by atoms with E-state index in [9.17, 15) is 9.59 Å². The molecule has 0 fully saturated rings. The molecule has 25 heavy (non-hydrogen) atoms. The van der Waals surface area contributed by atoms with Crippen LogP contribution in [0.4, 0.5) is 4.79 Å². The number of rotatable bonds is 4. The predicted molar refractivity (Wildman–Crippen MR) is 94.2 cm³/mol. The maximum Gasteiger partial charge on any atom is 0.513 e. The zero-order valence-electron chi connectivity index (χ0n) is 14.9. The summed E-state index contributed by atoms with van der Waals surface area (Å²) in [5, 5.41) is 0. The topological polar surface area (TPSA) is 61.8 Å². The Balaban J connectivity index is 2.32. The summed E-state index contributed by atoms with van der Waals surface area (Å²) in [6.45, 7) is 7.98. The van der Waals surface area contributed by atoms with Crippen LogP contribution < -0.4 is 9.47 Å². The van der Waals surface area contributed by atoms with Crippen LogP contribution in [0.5, 0.6) is 11.5 Å². The van der Waals surface area contributed by atoms with Crippen LogP contribution in [-0.4, -0.2) is 18.7 Å². The van der Waals surface area contributed by atoms with Gasteiger partial charge in [-0.15, -0.1) is 0 Å². The Morgan fingerprint density at radius 1 is 0.920 bits per heavy atom. The van der Waals surface area contributed by atoms with Crippen molar-refractivity contribution in [2.75, 3.05) is 6.61 Å². The normalized spacial score (nSPS) is 10.9. The van der Waals surface area contributed by atoms with Crippen LogP contribution in [0.2, 0.25) is 0 Å². The van der Waals surface area contributed by atoms with Crippen molar-refractivity contribution in [2.45, 2.75) is 33.1 Å². The minimum atomic E-state index is -0.842. The number of hydrogen-bond acceptors (Lipinski definition) is 5. The Bertz CT molecular complexity index is 744. The first-order chi connectivity index (χ1) is 11.8. The predicted octanol–water partition coefficient (Wildman–Crippen LogP) is 4.74. The van der Waals surface area contributed by atoms with Crippen LogP contribution in [0.1, 0.15) is 43.6 Å². The monoisotopic (exact) mass is 342 g/mol. The number of ether oxygens (including phenoxy) is 3. The van der Waals surface area contributed by atoms with E-state index in [1.54, 1.807) is 43.3 Å². The number of benzene rings is 2. The molecule has 0 spiro atoms. The van der Waals surface area contributed by atoms with Crippen molar-refractivity contribution in [3.8, 4) is 11.5 Å². The Morgan fingerprint density at radius 2 is 1.60 bits per heavy atom. The van der Waals surface area contributed by atoms with E-state index in [1.807, 2.05) is 32.9 Å². The van der Waals surface area contributed by atoms with Gasteiger partial charge in [-0.1, -0.05) is 45.0 Å². The summed E-state index contributed by atoms with van der Waals surface area (Å²) in [5.41, 5.74) is 1.19. The van der Waals surface area contributed by atoms with Gasteiger partial charge in [0.25, 0.3) is 0 Å². The first-order valence-electron chi connectivity index (χ1n) is 8.07. The fraction of sp³-hybridized carbons (Fsp3) is 0.300. The van der Waals surface area contributed by atoms with E-state index in [1.165, 1.54) is 0 Å². The molecule has 0 aliphatic rings. The van der Waals surface area contributed by atoms with Crippen molar-refractivity contribution >= 4 is 12.1 Å². The van der Waals surface area contributed by atoms with Crippen LogP contribution in [-0.2, 0) is 10.2 Å². The summed E-state index contributed by atoms with van der Waals surface area (Å²) >= 11 is 0. The molecule has 0 bridgehead atoms. The minimum Gasteiger partial charge on any atom is -0.434 e. The third-order valence-electron chi connectivity index (χ3n) is 3.48. The standard InChI is InChI=1S/C20H22O5/c1-5-23-19(22)25-17-13-15(20(2,3)4)11-12-16(17)24-18(21)14-9-7-6-8-10-14/h6-13H,5H2,1-4H3. The lowest BCUT2D eigenvalue weighted by molar-refractivity contribution is 0.0718. The highest BCUT2D eigenvalue weighted by Crippen LogP contribution is 2.34. The van der Waals surface area contributed by atoms with E-state index in [4.69, 9.17) is 14.2 Å². The van der Waals surface area contributed by atoms with E-state index in [-0.39, 0.29) is 23.5 Å². The van der Waals surface area contributed by atoms with E-state index < -0.39 is 12.1 Å². The van der Waals surface area contributed by atoms with Crippen molar-refractivity contribution in [3.05, 3.63) is 59.7 Å². The van der Waals surface area contributed by atoms with Crippen LogP contribution >= 0.6 is 0 Å². The zero-order chi connectivity index (χ0) is 18.4. The fourth-order valence-corrected chi connectivity index (χ4v) is 2.11. The van der Waals surface area contributed by atoms with Crippen LogP contribution in [0, 0.1) is 0 Å². The Labute approximate surface area is 147 Å². The molecule has 0 amide bonds. The lowest BCUT2D eigenvalue weighted by atomic mass is 9.87. The molecule has 2 rings (SSSR count). The van der Waals surface area contributed by atoms with E-state index in [0.717, 1.165) is 5.56 Å². The first-order valence-corrected chi connectivity index (χ1v) is 8.07. The largest absolute Gasteiger partial charge is 0.513 e. The van der Waals surface area contributed by atoms with Gasteiger partial charge in [0.1, 0.15) is 0 Å². The van der Waals surface area contributed by atoms with Gasteiger partial charge in [0, 0.05) is 0 Å². The van der Waals surface area contributed by atoms with E-state index in [0.29, 0.717) is 5.56 Å². The summed E-state index contributed by atoms with van der Waals surface area (Å²) in [6.07, 6.45) is -0.842. The number of esters is 1. The van der Waals surface area contributed by atoms with Crippen LogP contribution in [0.25, 0.3) is 0 Å². The van der Waals surface area contributed by atoms with Crippen molar-refractivity contribution in [1.82, 2.24) is 0 Å². The van der Waals surface area contributed by atoms with Crippen molar-refractivity contribution in [3.63, 3.8) is 0 Å². The molecule has 0 saturated carbocycles. The molecule has 0 aromatic heterocycles. The van der Waals surface area contributed by atoms with Gasteiger partial charge < -0.3 is 14.2 Å². The van der Waals surface area contributed by atoms with Gasteiger partial charge in [-0.25, -0.2) is 9.59 Å². The van der Waals surface area contributed by atoms with Crippen molar-refractivity contribution in [1.29, 1.82) is 0 Å². The summed E-state index contributed by atoms with van der Waals surface area (Å²) < 4.78 is 15.4. The molecule has 0 aliphatic heterocycles. The highest BCUT2D eigenvalue weighted by molar-refractivity contribution is 5.91. The number of carbonyl (C=O) groups is 2. The maximum atomic E-state index is 12.3. The van der Waals surface area contributed by atoms with Crippen molar-refractivity contribution in [2.24, 2.45) is 0 Å². The second kappa shape index (κ2) is 7.83. The molecule has 0 heterocycles. The molecule has 0 N–H and O–H groups in total. The second-order valence-corrected chi connectivity index (χ2v) is 6.45. The molecule has 132 valence electrons. The second-order valence-electron chi connectivity index (χ2n) is 6.45. The smallest absolute Gasteiger partial charge is 0.434 e. The average Bonchev–Trinajstić information content (AvgIpc) is 2.56. The molecule has 2 aromatic rings. The van der Waals surface area contributed by atoms with Gasteiger partial charge in [0.15, 0.2) is 11.5 Å². The molecule has 0 atom stereocenters. The lowest BCUT2D eigenvalue weighted by Gasteiger charge is -2.20. The molecule has 0 unspecified atom stereocenters. The molecule has 0 saturated heterocycles. The quantitative estimate of drug-likeness (QED) is 0.456. The molecular formula is C20H22O5. The Hall–Kier alpha value is -2.82. The number of hydrogen-bond donors (Lipinski definition) is 0. The zero-order valence-corrected chi connectivity index (χ0v) is 14.9. The van der Waals surface area contributed by atoms with Crippen LogP contribution in [0.3, 0.4) is 0 Å². The average molecular weight is 342 g/mol.